The van der Waals surface area contributed by atoms with Crippen LogP contribution in [0.15, 0.2) is 48.8 Å². The lowest BCUT2D eigenvalue weighted by atomic mass is 10.1. The Morgan fingerprint density at radius 3 is 2.50 bits per heavy atom. The first-order valence-corrected chi connectivity index (χ1v) is 8.04. The summed E-state index contributed by atoms with van der Waals surface area (Å²) in [5.41, 5.74) is 2.23. The van der Waals surface area contributed by atoms with E-state index in [1.807, 2.05) is 13.8 Å². The van der Waals surface area contributed by atoms with Crippen molar-refractivity contribution in [1.82, 2.24) is 20.1 Å². The van der Waals surface area contributed by atoms with Crippen LogP contribution in [0, 0.1) is 11.3 Å². The van der Waals surface area contributed by atoms with Crippen molar-refractivity contribution in [1.29, 1.82) is 5.26 Å². The van der Waals surface area contributed by atoms with Gasteiger partial charge in [-0.15, -0.1) is 0 Å². The van der Waals surface area contributed by atoms with Crippen molar-refractivity contribution in [3.63, 3.8) is 0 Å². The summed E-state index contributed by atoms with van der Waals surface area (Å²) in [4.78, 5) is 16.2. The van der Waals surface area contributed by atoms with E-state index in [-0.39, 0.29) is 17.8 Å². The Labute approximate surface area is 150 Å². The van der Waals surface area contributed by atoms with Crippen molar-refractivity contribution >= 4 is 5.91 Å². The number of aromatic nitrogens is 3. The fraction of sp³-hybridized carbons (Fsp3) is 0.158. The Morgan fingerprint density at radius 2 is 1.92 bits per heavy atom. The number of nitrogens with one attached hydrogen (secondary N) is 1. The molecule has 0 radical (unpaired) electrons. The number of aromatic hydroxyl groups is 1. The van der Waals surface area contributed by atoms with E-state index >= 15 is 0 Å². The molecule has 7 nitrogen and oxygen atoms in total. The van der Waals surface area contributed by atoms with Crippen LogP contribution in [0.3, 0.4) is 0 Å². The molecule has 3 aromatic rings. The molecule has 0 aliphatic heterocycles. The Balaban J connectivity index is 1.87. The van der Waals surface area contributed by atoms with Gasteiger partial charge in [0.05, 0.1) is 29.0 Å². The van der Waals surface area contributed by atoms with Crippen LogP contribution in [-0.4, -0.2) is 31.8 Å². The Morgan fingerprint density at radius 1 is 1.19 bits per heavy atom. The molecule has 2 aromatic heterocycles. The van der Waals surface area contributed by atoms with Crippen molar-refractivity contribution in [2.24, 2.45) is 0 Å². The molecule has 0 bridgehead atoms. The molecule has 130 valence electrons. The molecular formula is C19H17N5O2. The molecule has 1 aromatic carbocycles. The first-order valence-electron chi connectivity index (χ1n) is 8.04. The van der Waals surface area contributed by atoms with Crippen molar-refractivity contribution in [2.75, 3.05) is 0 Å². The molecule has 0 atom stereocenters. The molecule has 2 heterocycles. The average molecular weight is 347 g/mol. The number of amides is 1. The maximum atomic E-state index is 12.0. The monoisotopic (exact) mass is 347 g/mol. The zero-order valence-corrected chi connectivity index (χ0v) is 14.3. The highest BCUT2D eigenvalue weighted by molar-refractivity contribution is 5.94. The van der Waals surface area contributed by atoms with Gasteiger partial charge in [-0.3, -0.25) is 4.79 Å². The third kappa shape index (κ3) is 3.39. The normalized spacial score (nSPS) is 10.5. The molecule has 0 unspecified atom stereocenters. The Hall–Kier alpha value is -3.66. The predicted octanol–water partition coefficient (Wildman–Crippen LogP) is 2.65. The van der Waals surface area contributed by atoms with Gasteiger partial charge in [0, 0.05) is 12.2 Å². The molecule has 0 spiro atoms. The van der Waals surface area contributed by atoms with Gasteiger partial charge in [0.2, 0.25) is 5.88 Å². The first kappa shape index (κ1) is 17.2. The molecular weight excluding hydrogens is 330 g/mol. The minimum atomic E-state index is -0.206. The van der Waals surface area contributed by atoms with Crippen molar-refractivity contribution in [2.45, 2.75) is 19.9 Å². The molecule has 1 amide bonds. The van der Waals surface area contributed by atoms with Crippen LogP contribution < -0.4 is 5.32 Å². The summed E-state index contributed by atoms with van der Waals surface area (Å²) in [6.45, 7) is 3.76. The molecule has 7 heteroatoms. The van der Waals surface area contributed by atoms with Gasteiger partial charge in [-0.2, -0.15) is 15.0 Å². The third-order valence-corrected chi connectivity index (χ3v) is 3.72. The van der Waals surface area contributed by atoms with Crippen molar-refractivity contribution < 1.29 is 9.90 Å². The lowest BCUT2D eigenvalue weighted by Crippen LogP contribution is -2.30. The Kier molecular flexibility index (Phi) is 4.67. The minimum Gasteiger partial charge on any atom is -0.493 e. The average Bonchev–Trinajstić information content (AvgIpc) is 3.03. The number of pyridine rings is 1. The van der Waals surface area contributed by atoms with Crippen LogP contribution in [0.5, 0.6) is 5.88 Å². The highest BCUT2D eigenvalue weighted by Crippen LogP contribution is 2.30. The summed E-state index contributed by atoms with van der Waals surface area (Å²) < 4.78 is 1.29. The summed E-state index contributed by atoms with van der Waals surface area (Å²) in [6.07, 6.45) is 2.97. The second-order valence-electron chi connectivity index (χ2n) is 6.02. The Bertz CT molecular complexity index is 967. The smallest absolute Gasteiger partial charge is 0.253 e. The second-order valence-corrected chi connectivity index (χ2v) is 6.02. The largest absolute Gasteiger partial charge is 0.493 e. The van der Waals surface area contributed by atoms with E-state index in [4.69, 9.17) is 5.26 Å². The number of carbonyl (C=O) groups is 1. The van der Waals surface area contributed by atoms with Crippen LogP contribution in [0.1, 0.15) is 29.8 Å². The topological polar surface area (TPSA) is 104 Å². The summed E-state index contributed by atoms with van der Waals surface area (Å²) in [5.74, 6) is 0.118. The van der Waals surface area contributed by atoms with Gasteiger partial charge in [0.25, 0.3) is 5.91 Å². The zero-order valence-electron chi connectivity index (χ0n) is 14.3. The number of benzene rings is 1. The lowest BCUT2D eigenvalue weighted by molar-refractivity contribution is 0.0943. The van der Waals surface area contributed by atoms with E-state index < -0.39 is 0 Å². The molecule has 26 heavy (non-hydrogen) atoms. The fourth-order valence-electron chi connectivity index (χ4n) is 2.43. The van der Waals surface area contributed by atoms with E-state index in [2.05, 4.69) is 21.5 Å². The van der Waals surface area contributed by atoms with Gasteiger partial charge in [0.15, 0.2) is 5.82 Å². The van der Waals surface area contributed by atoms with Crippen molar-refractivity contribution in [3.05, 3.63) is 59.9 Å². The molecule has 0 aliphatic rings. The minimum absolute atomic E-state index is 0.0346. The van der Waals surface area contributed by atoms with Gasteiger partial charge in [-0.05, 0) is 43.7 Å². The van der Waals surface area contributed by atoms with Crippen LogP contribution in [0.25, 0.3) is 16.9 Å². The summed E-state index contributed by atoms with van der Waals surface area (Å²) >= 11 is 0. The maximum Gasteiger partial charge on any atom is 0.253 e. The standard InChI is InChI=1S/C19H17N5O2/c1-12(2)23-18(25)15-7-8-17(21-10-15)24-19(26)16(11-22-24)14-5-3-13(9-20)4-6-14/h3-8,10-12,26H,1-2H3,(H,23,25). The molecule has 0 fully saturated rings. The van der Waals surface area contributed by atoms with Crippen LogP contribution >= 0.6 is 0 Å². The first-order chi connectivity index (χ1) is 12.5. The number of carbonyl (C=O) groups excluding carboxylic acids is 1. The van der Waals surface area contributed by atoms with Gasteiger partial charge in [0.1, 0.15) is 0 Å². The molecule has 0 saturated heterocycles. The molecule has 3 rings (SSSR count). The zero-order chi connectivity index (χ0) is 18.7. The van der Waals surface area contributed by atoms with Gasteiger partial charge < -0.3 is 10.4 Å². The highest BCUT2D eigenvalue weighted by atomic mass is 16.3. The van der Waals surface area contributed by atoms with E-state index in [1.165, 1.54) is 17.1 Å². The number of rotatable bonds is 4. The quantitative estimate of drug-likeness (QED) is 0.755. The number of nitriles is 1. The van der Waals surface area contributed by atoms with Gasteiger partial charge in [-0.1, -0.05) is 12.1 Å². The maximum absolute atomic E-state index is 12.0. The SMILES string of the molecule is CC(C)NC(=O)c1ccc(-n2ncc(-c3ccc(C#N)cc3)c2O)nc1. The van der Waals surface area contributed by atoms with E-state index in [0.29, 0.717) is 22.5 Å². The van der Waals surface area contributed by atoms with Crippen molar-refractivity contribution in [3.8, 4) is 28.9 Å². The third-order valence-electron chi connectivity index (χ3n) is 3.72. The van der Waals surface area contributed by atoms with E-state index in [9.17, 15) is 9.90 Å². The van der Waals surface area contributed by atoms with Gasteiger partial charge in [-0.25, -0.2) is 4.98 Å². The fourth-order valence-corrected chi connectivity index (χ4v) is 2.43. The summed E-state index contributed by atoms with van der Waals surface area (Å²) in [6, 6.07) is 12.2. The molecule has 0 aliphatic carbocycles. The number of hydrogen-bond donors (Lipinski definition) is 2. The van der Waals surface area contributed by atoms with Crippen LogP contribution in [-0.2, 0) is 0 Å². The predicted molar refractivity (Wildman–Crippen MR) is 95.8 cm³/mol. The van der Waals surface area contributed by atoms with E-state index in [0.717, 1.165) is 5.56 Å². The van der Waals surface area contributed by atoms with E-state index in [1.54, 1.807) is 36.4 Å². The van der Waals surface area contributed by atoms with Crippen LogP contribution in [0.2, 0.25) is 0 Å². The van der Waals surface area contributed by atoms with Crippen LogP contribution in [0.4, 0.5) is 0 Å². The summed E-state index contributed by atoms with van der Waals surface area (Å²) in [7, 11) is 0. The number of nitrogens with zero attached hydrogens (tertiary/aromatic N) is 4. The number of hydrogen-bond acceptors (Lipinski definition) is 5. The molecule has 0 saturated carbocycles. The lowest BCUT2D eigenvalue weighted by Gasteiger charge is -2.08. The second kappa shape index (κ2) is 7.07. The summed E-state index contributed by atoms with van der Waals surface area (Å²) in [5, 5.41) is 26.3. The molecule has 2 N–H and O–H groups in total. The van der Waals surface area contributed by atoms with Gasteiger partial charge >= 0.3 is 0 Å². The highest BCUT2D eigenvalue weighted by Gasteiger charge is 2.15.